The Morgan fingerprint density at radius 1 is 1.09 bits per heavy atom. The molecule has 0 unspecified atom stereocenters. The van der Waals surface area contributed by atoms with Crippen LogP contribution in [0.15, 0.2) is 54.0 Å². The fourth-order valence-electron chi connectivity index (χ4n) is 3.28. The molecule has 2 aromatic heterocycles. The molecule has 7 nitrogen and oxygen atoms in total. The average Bonchev–Trinajstić information content (AvgIpc) is 3.55. The van der Waals surface area contributed by atoms with Crippen LogP contribution in [0.4, 0.5) is 5.82 Å². The monoisotopic (exact) mass is 535 g/mol. The van der Waals surface area contributed by atoms with Crippen LogP contribution in [0.3, 0.4) is 0 Å². The molecule has 0 saturated carbocycles. The highest BCUT2D eigenvalue weighted by Gasteiger charge is 2.17. The van der Waals surface area contributed by atoms with Crippen LogP contribution in [0, 0.1) is 0 Å². The smallest absolute Gasteiger partial charge is 0.266 e. The summed E-state index contributed by atoms with van der Waals surface area (Å²) >= 11 is 20.1. The minimum atomic E-state index is -0.317. The Morgan fingerprint density at radius 3 is 2.71 bits per heavy atom. The van der Waals surface area contributed by atoms with Crippen molar-refractivity contribution in [2.45, 2.75) is 13.2 Å². The molecule has 1 aliphatic heterocycles. The first-order valence-electron chi connectivity index (χ1n) is 10.0. The van der Waals surface area contributed by atoms with Gasteiger partial charge in [0.15, 0.2) is 17.3 Å². The van der Waals surface area contributed by atoms with E-state index in [4.69, 9.17) is 49.0 Å². The fourth-order valence-corrected chi connectivity index (χ4v) is 4.79. The van der Waals surface area contributed by atoms with Gasteiger partial charge in [0.05, 0.1) is 11.4 Å². The van der Waals surface area contributed by atoms with Gasteiger partial charge in [0.25, 0.3) is 5.91 Å². The summed E-state index contributed by atoms with van der Waals surface area (Å²) in [5.74, 6) is 1.93. The van der Waals surface area contributed by atoms with Crippen molar-refractivity contribution < 1.29 is 19.0 Å². The van der Waals surface area contributed by atoms with Gasteiger partial charge in [-0.2, -0.15) is 5.10 Å². The van der Waals surface area contributed by atoms with E-state index in [2.05, 4.69) is 10.4 Å². The average molecular weight is 537 g/mol. The van der Waals surface area contributed by atoms with Gasteiger partial charge < -0.3 is 19.5 Å². The van der Waals surface area contributed by atoms with Gasteiger partial charge >= 0.3 is 0 Å². The van der Waals surface area contributed by atoms with Crippen LogP contribution in [-0.2, 0) is 13.2 Å². The predicted molar refractivity (Wildman–Crippen MR) is 132 cm³/mol. The van der Waals surface area contributed by atoms with Crippen LogP contribution in [0.2, 0.25) is 15.1 Å². The van der Waals surface area contributed by atoms with Gasteiger partial charge in [-0.3, -0.25) is 9.48 Å². The Balaban J connectivity index is 1.21. The topological polar surface area (TPSA) is 74.6 Å². The largest absolute Gasteiger partial charge is 0.489 e. The lowest BCUT2D eigenvalue weighted by molar-refractivity contribution is 0.103. The molecule has 0 fully saturated rings. The van der Waals surface area contributed by atoms with Gasteiger partial charge in [0.1, 0.15) is 17.4 Å². The molecule has 4 aromatic rings. The van der Waals surface area contributed by atoms with E-state index in [1.165, 1.54) is 11.3 Å². The highest BCUT2D eigenvalue weighted by molar-refractivity contribution is 7.12. The van der Waals surface area contributed by atoms with E-state index in [0.29, 0.717) is 55.9 Å². The lowest BCUT2D eigenvalue weighted by atomic mass is 10.2. The number of fused-ring (bicyclic) bond motifs is 1. The van der Waals surface area contributed by atoms with E-state index >= 15 is 0 Å². The van der Waals surface area contributed by atoms with E-state index in [9.17, 15) is 4.79 Å². The second-order valence-electron chi connectivity index (χ2n) is 7.30. The van der Waals surface area contributed by atoms with Crippen LogP contribution in [-0.4, -0.2) is 22.5 Å². The minimum absolute atomic E-state index is 0.206. The number of rotatable bonds is 7. The molecule has 2 aromatic carbocycles. The van der Waals surface area contributed by atoms with E-state index in [1.807, 2.05) is 11.4 Å². The van der Waals surface area contributed by atoms with Gasteiger partial charge in [-0.25, -0.2) is 0 Å². The van der Waals surface area contributed by atoms with Crippen molar-refractivity contribution in [2.75, 3.05) is 12.1 Å². The third-order valence-corrected chi connectivity index (χ3v) is 6.92. The number of amides is 1. The van der Waals surface area contributed by atoms with Gasteiger partial charge in [0.2, 0.25) is 6.79 Å². The molecule has 0 spiro atoms. The zero-order valence-electron chi connectivity index (χ0n) is 17.4. The lowest BCUT2D eigenvalue weighted by Crippen LogP contribution is -2.12. The second kappa shape index (κ2) is 9.76. The number of hydrogen-bond donors (Lipinski definition) is 1. The number of aromatic nitrogens is 2. The second-order valence-corrected chi connectivity index (χ2v) is 9.43. The minimum Gasteiger partial charge on any atom is -0.489 e. The summed E-state index contributed by atoms with van der Waals surface area (Å²) in [7, 11) is 0. The molecule has 11 heteroatoms. The SMILES string of the molecule is O=C(Nc1nn(Cc2c(Cl)cccc2Cl)cc1Cl)c1cc(COc2ccc3c(c2)OCO3)cs1. The van der Waals surface area contributed by atoms with Crippen molar-refractivity contribution in [3.05, 3.63) is 85.1 Å². The van der Waals surface area contributed by atoms with Crippen LogP contribution in [0.1, 0.15) is 20.8 Å². The summed E-state index contributed by atoms with van der Waals surface area (Å²) in [5.41, 5.74) is 1.58. The Bertz CT molecular complexity index is 1350. The predicted octanol–water partition coefficient (Wildman–Crippen LogP) is 6.51. The molecule has 3 heterocycles. The first-order chi connectivity index (χ1) is 16.5. The number of hydrogen-bond acceptors (Lipinski definition) is 6. The summed E-state index contributed by atoms with van der Waals surface area (Å²) in [6, 6.07) is 12.4. The molecular weight excluding hydrogens is 521 g/mol. The summed E-state index contributed by atoms with van der Waals surface area (Å²) < 4.78 is 18.0. The van der Waals surface area contributed by atoms with Crippen LogP contribution in [0.25, 0.3) is 0 Å². The first kappa shape index (κ1) is 22.9. The highest BCUT2D eigenvalue weighted by Crippen LogP contribution is 2.35. The molecule has 0 saturated heterocycles. The van der Waals surface area contributed by atoms with Gasteiger partial charge in [-0.15, -0.1) is 11.3 Å². The van der Waals surface area contributed by atoms with E-state index in [1.54, 1.807) is 47.3 Å². The number of halogens is 3. The summed E-state index contributed by atoms with van der Waals surface area (Å²) in [5, 5.41) is 10.3. The lowest BCUT2D eigenvalue weighted by Gasteiger charge is -2.06. The Morgan fingerprint density at radius 2 is 1.88 bits per heavy atom. The maximum absolute atomic E-state index is 12.7. The number of nitrogens with zero attached hydrogens (tertiary/aromatic N) is 2. The Hall–Kier alpha value is -2.91. The number of carbonyl (C=O) groups is 1. The van der Waals surface area contributed by atoms with Crippen molar-refractivity contribution in [1.82, 2.24) is 9.78 Å². The maximum atomic E-state index is 12.7. The third kappa shape index (κ3) is 4.95. The number of ether oxygens (including phenoxy) is 3. The van der Waals surface area contributed by atoms with Gasteiger partial charge in [-0.1, -0.05) is 40.9 Å². The van der Waals surface area contributed by atoms with E-state index in [-0.39, 0.29) is 18.5 Å². The maximum Gasteiger partial charge on any atom is 0.266 e. The molecule has 1 N–H and O–H groups in total. The van der Waals surface area contributed by atoms with Gasteiger partial charge in [-0.05, 0) is 35.7 Å². The normalized spacial score (nSPS) is 12.1. The summed E-state index contributed by atoms with van der Waals surface area (Å²) in [4.78, 5) is 13.2. The molecule has 0 bridgehead atoms. The van der Waals surface area contributed by atoms with Crippen molar-refractivity contribution >= 4 is 57.9 Å². The molecule has 0 radical (unpaired) electrons. The number of nitrogens with one attached hydrogen (secondary N) is 1. The van der Waals surface area contributed by atoms with Crippen LogP contribution in [0.5, 0.6) is 17.2 Å². The molecule has 5 rings (SSSR count). The Kier molecular flexibility index (Phi) is 6.56. The van der Waals surface area contributed by atoms with Crippen molar-refractivity contribution in [3.63, 3.8) is 0 Å². The standard InChI is InChI=1S/C23H16Cl3N3O4S/c24-16-2-1-3-17(25)15(16)8-29-9-18(26)22(28-29)27-23(30)21-6-13(11-34-21)10-31-14-4-5-19-20(7-14)33-12-32-19/h1-7,9,11H,8,10,12H2,(H,27,28,30). The van der Waals surface area contributed by atoms with E-state index in [0.717, 1.165) is 5.56 Å². The third-order valence-electron chi connectivity index (χ3n) is 4.96. The number of anilines is 1. The van der Waals surface area contributed by atoms with E-state index < -0.39 is 0 Å². The molecular formula is C23H16Cl3N3O4S. The van der Waals surface area contributed by atoms with Crippen molar-refractivity contribution in [3.8, 4) is 17.2 Å². The molecule has 174 valence electrons. The number of carbonyl (C=O) groups excluding carboxylic acids is 1. The summed E-state index contributed by atoms with van der Waals surface area (Å²) in [6.07, 6.45) is 1.61. The molecule has 1 aliphatic rings. The highest BCUT2D eigenvalue weighted by atomic mass is 35.5. The molecule has 0 atom stereocenters. The van der Waals surface area contributed by atoms with Gasteiger partial charge in [0, 0.05) is 33.4 Å². The first-order valence-corrected chi connectivity index (χ1v) is 12.0. The van der Waals surface area contributed by atoms with Crippen LogP contribution >= 0.6 is 46.1 Å². The summed E-state index contributed by atoms with van der Waals surface area (Å²) in [6.45, 7) is 0.823. The molecule has 34 heavy (non-hydrogen) atoms. The zero-order chi connectivity index (χ0) is 23.7. The van der Waals surface area contributed by atoms with Crippen molar-refractivity contribution in [1.29, 1.82) is 0 Å². The molecule has 0 aliphatic carbocycles. The number of benzene rings is 2. The molecule has 1 amide bonds. The Labute approximate surface area is 213 Å². The van der Waals surface area contributed by atoms with Crippen molar-refractivity contribution in [2.24, 2.45) is 0 Å². The number of thiophene rings is 1. The zero-order valence-corrected chi connectivity index (χ0v) is 20.5. The fraction of sp³-hybridized carbons (Fsp3) is 0.130. The van der Waals surface area contributed by atoms with Crippen LogP contribution < -0.4 is 19.5 Å². The quantitative estimate of drug-likeness (QED) is 0.291.